The average Bonchev–Trinajstić information content (AvgIpc) is 2.32. The Hall–Kier alpha value is -0.633. The molecule has 0 aliphatic rings. The normalized spacial score (nSPS) is 10.8. The van der Waals surface area contributed by atoms with E-state index in [1.54, 1.807) is 0 Å². The Morgan fingerprint density at radius 1 is 1.19 bits per heavy atom. The molecule has 0 N–H and O–H groups in total. The van der Waals surface area contributed by atoms with E-state index in [0.717, 1.165) is 18.1 Å². The Morgan fingerprint density at radius 2 is 1.75 bits per heavy atom. The molecule has 3 nitrogen and oxygen atoms in total. The molecule has 0 radical (unpaired) electrons. The number of ketones is 1. The summed E-state index contributed by atoms with van der Waals surface area (Å²) < 4.78 is 9.64. The number of hydrogen-bond acceptors (Lipinski definition) is 3. The largest absolute Gasteiger partial charge is 0.359 e. The Labute approximate surface area is 99.5 Å². The van der Waals surface area contributed by atoms with Gasteiger partial charge in [-0.25, -0.2) is 0 Å². The predicted octanol–water partition coefficient (Wildman–Crippen LogP) is 2.23. The van der Waals surface area contributed by atoms with Crippen molar-refractivity contribution < 1.29 is 14.3 Å². The molecule has 0 rings (SSSR count). The first-order chi connectivity index (χ1) is 7.64. The molecule has 0 bridgehead atoms. The number of carbonyl (C=O) groups is 1. The van der Waals surface area contributed by atoms with Crippen LogP contribution in [0.15, 0.2) is 0 Å². The van der Waals surface area contributed by atoms with Crippen molar-refractivity contribution in [3.63, 3.8) is 0 Å². The quantitative estimate of drug-likeness (QED) is 0.297. The van der Waals surface area contributed by atoms with Crippen LogP contribution in [-0.2, 0) is 14.3 Å². The van der Waals surface area contributed by atoms with Crippen molar-refractivity contribution in [3.05, 3.63) is 0 Å². The topological polar surface area (TPSA) is 35.5 Å². The summed E-state index contributed by atoms with van der Waals surface area (Å²) in [5.74, 6) is 2.58. The lowest BCUT2D eigenvalue weighted by Crippen LogP contribution is -2.29. The third-order valence-electron chi connectivity index (χ3n) is 2.93. The molecule has 0 aromatic carbocycles. The lowest BCUT2D eigenvalue weighted by atomic mass is 10.4. The van der Waals surface area contributed by atoms with Crippen LogP contribution >= 0.6 is 0 Å². The molecule has 4 heteroatoms. The van der Waals surface area contributed by atoms with Crippen LogP contribution in [0.4, 0.5) is 0 Å². The van der Waals surface area contributed by atoms with Gasteiger partial charge in [0.1, 0.15) is 21.5 Å². The lowest BCUT2D eigenvalue weighted by molar-refractivity contribution is -0.122. The van der Waals surface area contributed by atoms with Gasteiger partial charge < -0.3 is 9.47 Å². The maximum atomic E-state index is 11.4. The Balaban J connectivity index is 4.28. The number of hydrogen-bond donors (Lipinski definition) is 0. The Morgan fingerprint density at radius 3 is 2.19 bits per heavy atom. The molecule has 0 aromatic rings. The van der Waals surface area contributed by atoms with Crippen LogP contribution in [0.5, 0.6) is 0 Å². The first-order valence-electron chi connectivity index (χ1n) is 5.76. The fourth-order valence-corrected chi connectivity index (χ4v) is 3.91. The van der Waals surface area contributed by atoms with Gasteiger partial charge in [0.25, 0.3) is 0 Å². The van der Waals surface area contributed by atoms with E-state index in [-0.39, 0.29) is 19.2 Å². The molecular formula is C12H22O3Si. The second kappa shape index (κ2) is 8.51. The number of ether oxygens (including phenoxy) is 2. The molecule has 0 fully saturated rings. The number of Topliss-reactive ketones (excluding diaryl/α,β-unsaturated/α-hetero) is 1. The van der Waals surface area contributed by atoms with Crippen molar-refractivity contribution in [2.24, 2.45) is 0 Å². The molecule has 0 heterocycles. The highest BCUT2D eigenvalue weighted by atomic mass is 28.3. The zero-order valence-corrected chi connectivity index (χ0v) is 11.8. The van der Waals surface area contributed by atoms with Gasteiger partial charge in [-0.3, -0.25) is 4.79 Å². The number of methoxy groups -OCH3 is 1. The van der Waals surface area contributed by atoms with Crippen molar-refractivity contribution in [2.75, 3.05) is 20.5 Å². The van der Waals surface area contributed by atoms with E-state index < -0.39 is 8.07 Å². The van der Waals surface area contributed by atoms with Crippen molar-refractivity contribution in [2.45, 2.75) is 38.9 Å². The number of carbonyl (C=O) groups excluding carboxylic acids is 1. The molecule has 0 aliphatic carbocycles. The standard InChI is InChI=1S/C12H22O3Si/c1-5-16(6-2,7-3)9-8-12(13)10-15-11-14-4/h5-7,10-11H2,1-4H3. The summed E-state index contributed by atoms with van der Waals surface area (Å²) >= 11 is 0. The molecule has 0 unspecified atom stereocenters. The summed E-state index contributed by atoms with van der Waals surface area (Å²) in [7, 11) is 0.0307. The van der Waals surface area contributed by atoms with Gasteiger partial charge in [-0.05, 0) is 24.1 Å². The van der Waals surface area contributed by atoms with Crippen LogP contribution in [0.25, 0.3) is 0 Å². The molecule has 0 spiro atoms. The zero-order chi connectivity index (χ0) is 12.4. The number of rotatable bonds is 7. The van der Waals surface area contributed by atoms with Crippen LogP contribution in [0.1, 0.15) is 20.8 Å². The monoisotopic (exact) mass is 242 g/mol. The van der Waals surface area contributed by atoms with Crippen LogP contribution in [0.2, 0.25) is 18.1 Å². The van der Waals surface area contributed by atoms with E-state index in [0.29, 0.717) is 0 Å². The minimum absolute atomic E-state index is 0.0302. The second-order valence-corrected chi connectivity index (χ2v) is 8.70. The van der Waals surface area contributed by atoms with Crippen LogP contribution < -0.4 is 0 Å². The third kappa shape index (κ3) is 5.45. The summed E-state index contributed by atoms with van der Waals surface area (Å²) in [6, 6.07) is 3.33. The molecule has 0 atom stereocenters. The molecular weight excluding hydrogens is 220 g/mol. The van der Waals surface area contributed by atoms with Crippen molar-refractivity contribution in [1.29, 1.82) is 0 Å². The molecule has 92 valence electrons. The highest BCUT2D eigenvalue weighted by Gasteiger charge is 2.24. The maximum absolute atomic E-state index is 11.4. The summed E-state index contributed by atoms with van der Waals surface area (Å²) in [4.78, 5) is 11.4. The van der Waals surface area contributed by atoms with Gasteiger partial charge in [-0.15, -0.1) is 5.54 Å². The van der Waals surface area contributed by atoms with Crippen molar-refractivity contribution >= 4 is 13.9 Å². The molecule has 0 saturated heterocycles. The van der Waals surface area contributed by atoms with Gasteiger partial charge >= 0.3 is 0 Å². The van der Waals surface area contributed by atoms with E-state index in [1.807, 2.05) is 0 Å². The average molecular weight is 242 g/mol. The summed E-state index contributed by atoms with van der Waals surface area (Å²) in [6.07, 6.45) is 0. The SMILES string of the molecule is CC[Si](C#CC(=O)COCOC)(CC)CC. The maximum Gasteiger partial charge on any atom is 0.230 e. The smallest absolute Gasteiger partial charge is 0.230 e. The molecule has 0 aromatic heterocycles. The third-order valence-corrected chi connectivity index (χ3v) is 7.65. The summed E-state index contributed by atoms with van der Waals surface area (Å²) in [5, 5.41) is 0. The van der Waals surface area contributed by atoms with Gasteiger partial charge in [0.05, 0.1) is 0 Å². The van der Waals surface area contributed by atoms with Crippen molar-refractivity contribution in [3.8, 4) is 11.5 Å². The molecule has 0 saturated carbocycles. The molecule has 0 amide bonds. The van der Waals surface area contributed by atoms with Crippen molar-refractivity contribution in [1.82, 2.24) is 0 Å². The Kier molecular flexibility index (Phi) is 8.17. The summed E-state index contributed by atoms with van der Waals surface area (Å²) in [5.41, 5.74) is 3.23. The van der Waals surface area contributed by atoms with Crippen LogP contribution in [-0.4, -0.2) is 34.4 Å². The zero-order valence-electron chi connectivity index (χ0n) is 10.8. The van der Waals surface area contributed by atoms with E-state index in [2.05, 4.69) is 37.0 Å². The van der Waals surface area contributed by atoms with E-state index >= 15 is 0 Å². The van der Waals surface area contributed by atoms with Gasteiger partial charge in [-0.1, -0.05) is 20.8 Å². The summed E-state index contributed by atoms with van der Waals surface area (Å²) in [6.45, 7) is 6.67. The van der Waals surface area contributed by atoms with Crippen LogP contribution in [0, 0.1) is 11.5 Å². The van der Waals surface area contributed by atoms with E-state index in [9.17, 15) is 4.79 Å². The van der Waals surface area contributed by atoms with Gasteiger partial charge in [-0.2, -0.15) is 0 Å². The van der Waals surface area contributed by atoms with Gasteiger partial charge in [0, 0.05) is 7.11 Å². The van der Waals surface area contributed by atoms with E-state index in [4.69, 9.17) is 4.74 Å². The fourth-order valence-electron chi connectivity index (χ4n) is 1.47. The second-order valence-electron chi connectivity index (χ2n) is 3.77. The van der Waals surface area contributed by atoms with E-state index in [1.165, 1.54) is 7.11 Å². The highest BCUT2D eigenvalue weighted by Crippen LogP contribution is 2.18. The minimum atomic E-state index is -1.50. The van der Waals surface area contributed by atoms with Crippen LogP contribution in [0.3, 0.4) is 0 Å². The van der Waals surface area contributed by atoms with Gasteiger partial charge in [0.2, 0.25) is 5.78 Å². The minimum Gasteiger partial charge on any atom is -0.359 e. The lowest BCUT2D eigenvalue weighted by Gasteiger charge is -2.19. The molecule has 0 aliphatic heterocycles. The molecule has 16 heavy (non-hydrogen) atoms. The highest BCUT2D eigenvalue weighted by molar-refractivity contribution is 6.87. The predicted molar refractivity (Wildman–Crippen MR) is 67.8 cm³/mol. The van der Waals surface area contributed by atoms with Gasteiger partial charge in [0.15, 0.2) is 0 Å². The Bertz CT molecular complexity index is 253. The first kappa shape index (κ1) is 15.4. The first-order valence-corrected chi connectivity index (χ1v) is 8.39. The fraction of sp³-hybridized carbons (Fsp3) is 0.750.